The van der Waals surface area contributed by atoms with Crippen LogP contribution in [0.1, 0.15) is 33.1 Å². The Labute approximate surface area is 112 Å². The zero-order valence-corrected chi connectivity index (χ0v) is 11.3. The third-order valence-corrected chi connectivity index (χ3v) is 5.31. The van der Waals surface area contributed by atoms with Crippen LogP contribution in [0, 0.1) is 11.3 Å². The molecular formula is C15H20O4. The predicted molar refractivity (Wildman–Crippen MR) is 69.2 cm³/mol. The Hall–Kier alpha value is -1.13. The second-order valence-electron chi connectivity index (χ2n) is 6.24. The molecule has 0 aromatic carbocycles. The van der Waals surface area contributed by atoms with E-state index in [4.69, 9.17) is 4.74 Å². The molecule has 0 bridgehead atoms. The lowest BCUT2D eigenvalue weighted by Gasteiger charge is -2.37. The van der Waals surface area contributed by atoms with Gasteiger partial charge in [-0.25, -0.2) is 4.79 Å². The van der Waals surface area contributed by atoms with Crippen LogP contribution in [0.2, 0.25) is 0 Å². The number of aliphatic hydroxyl groups excluding tert-OH is 2. The van der Waals surface area contributed by atoms with Crippen LogP contribution in [-0.2, 0) is 9.53 Å². The molecule has 2 aliphatic carbocycles. The molecule has 19 heavy (non-hydrogen) atoms. The molecule has 3 rings (SSSR count). The molecule has 0 amide bonds. The Morgan fingerprint density at radius 2 is 2.11 bits per heavy atom. The molecule has 1 aliphatic heterocycles. The molecule has 2 fully saturated rings. The Kier molecular flexibility index (Phi) is 2.67. The van der Waals surface area contributed by atoms with Gasteiger partial charge in [0, 0.05) is 17.4 Å². The van der Waals surface area contributed by atoms with Gasteiger partial charge in [-0.15, -0.1) is 0 Å². The molecule has 3 aliphatic rings. The van der Waals surface area contributed by atoms with Gasteiger partial charge >= 0.3 is 5.97 Å². The lowest BCUT2D eigenvalue weighted by molar-refractivity contribution is -0.139. The maximum Gasteiger partial charge on any atom is 0.334 e. The standard InChI is InChI=1S/C15H20O4/c1-7-6-10-12(8(2)14(18)19-10)13(17)15(3)9(7)4-5-11(15)16/h10-13,16-17H,2,4-6H2,1,3H3. The van der Waals surface area contributed by atoms with E-state index in [0.29, 0.717) is 18.4 Å². The fourth-order valence-electron chi connectivity index (χ4n) is 4.11. The number of rotatable bonds is 0. The molecule has 0 aromatic heterocycles. The van der Waals surface area contributed by atoms with Crippen molar-refractivity contribution in [3.8, 4) is 0 Å². The third-order valence-electron chi connectivity index (χ3n) is 5.31. The van der Waals surface area contributed by atoms with Crippen molar-refractivity contribution in [3.05, 3.63) is 23.3 Å². The molecule has 2 N–H and O–H groups in total. The summed E-state index contributed by atoms with van der Waals surface area (Å²) >= 11 is 0. The van der Waals surface area contributed by atoms with Crippen LogP contribution in [0.5, 0.6) is 0 Å². The number of hydrogen-bond acceptors (Lipinski definition) is 4. The minimum Gasteiger partial charge on any atom is -0.458 e. The van der Waals surface area contributed by atoms with Crippen molar-refractivity contribution < 1.29 is 19.7 Å². The quantitative estimate of drug-likeness (QED) is 0.393. The van der Waals surface area contributed by atoms with Crippen LogP contribution in [0.25, 0.3) is 0 Å². The Morgan fingerprint density at radius 3 is 2.79 bits per heavy atom. The van der Waals surface area contributed by atoms with Gasteiger partial charge in [0.1, 0.15) is 6.10 Å². The monoisotopic (exact) mass is 264 g/mol. The fourth-order valence-corrected chi connectivity index (χ4v) is 4.11. The first-order valence-corrected chi connectivity index (χ1v) is 6.82. The van der Waals surface area contributed by atoms with Crippen LogP contribution in [0.4, 0.5) is 0 Å². The summed E-state index contributed by atoms with van der Waals surface area (Å²) < 4.78 is 5.33. The van der Waals surface area contributed by atoms with Gasteiger partial charge in [-0.05, 0) is 19.8 Å². The summed E-state index contributed by atoms with van der Waals surface area (Å²) in [7, 11) is 0. The molecule has 0 aromatic rings. The summed E-state index contributed by atoms with van der Waals surface area (Å²) in [5, 5.41) is 21.1. The smallest absolute Gasteiger partial charge is 0.334 e. The largest absolute Gasteiger partial charge is 0.458 e. The normalized spacial score (nSPS) is 45.9. The number of carbonyl (C=O) groups excluding carboxylic acids is 1. The highest BCUT2D eigenvalue weighted by Crippen LogP contribution is 2.54. The fraction of sp³-hybridized carbons (Fsp3) is 0.667. The molecule has 0 spiro atoms. The maximum atomic E-state index is 11.7. The minimum absolute atomic E-state index is 0.336. The van der Waals surface area contributed by atoms with E-state index in [2.05, 4.69) is 6.58 Å². The van der Waals surface area contributed by atoms with Gasteiger partial charge in [0.2, 0.25) is 0 Å². The van der Waals surface area contributed by atoms with Gasteiger partial charge in [0.15, 0.2) is 0 Å². The molecule has 5 unspecified atom stereocenters. The first-order valence-electron chi connectivity index (χ1n) is 6.82. The van der Waals surface area contributed by atoms with Crippen molar-refractivity contribution in [1.29, 1.82) is 0 Å². The molecule has 1 saturated heterocycles. The SMILES string of the molecule is C=C1C(=O)OC2CC(C)=C3CCC(O)C3(C)C(O)C12. The molecule has 104 valence electrons. The molecule has 4 heteroatoms. The zero-order valence-electron chi connectivity index (χ0n) is 11.3. The molecule has 0 radical (unpaired) electrons. The van der Waals surface area contributed by atoms with E-state index in [9.17, 15) is 15.0 Å². The van der Waals surface area contributed by atoms with E-state index in [0.717, 1.165) is 17.6 Å². The lowest BCUT2D eigenvalue weighted by atomic mass is 9.71. The highest BCUT2D eigenvalue weighted by molar-refractivity contribution is 5.91. The highest BCUT2D eigenvalue weighted by Gasteiger charge is 2.57. The molecule has 5 atom stereocenters. The Bertz CT molecular complexity index is 492. The van der Waals surface area contributed by atoms with Crippen molar-refractivity contribution in [3.63, 3.8) is 0 Å². The van der Waals surface area contributed by atoms with Crippen LogP contribution < -0.4 is 0 Å². The first kappa shape index (κ1) is 12.9. The van der Waals surface area contributed by atoms with Crippen LogP contribution >= 0.6 is 0 Å². The number of hydrogen-bond donors (Lipinski definition) is 2. The summed E-state index contributed by atoms with van der Waals surface area (Å²) in [4.78, 5) is 11.7. The van der Waals surface area contributed by atoms with Crippen molar-refractivity contribution in [2.75, 3.05) is 0 Å². The predicted octanol–water partition coefficient (Wildman–Crippen LogP) is 1.33. The van der Waals surface area contributed by atoms with Crippen molar-refractivity contribution >= 4 is 5.97 Å². The average molecular weight is 264 g/mol. The zero-order chi connectivity index (χ0) is 13.9. The van der Waals surface area contributed by atoms with Crippen LogP contribution in [-0.4, -0.2) is 34.5 Å². The second-order valence-corrected chi connectivity index (χ2v) is 6.24. The third kappa shape index (κ3) is 1.50. The highest BCUT2D eigenvalue weighted by atomic mass is 16.6. The summed E-state index contributed by atoms with van der Waals surface area (Å²) in [6.07, 6.45) is 0.372. The van der Waals surface area contributed by atoms with E-state index in [-0.39, 0.29) is 6.10 Å². The number of fused-ring (bicyclic) bond motifs is 2. The summed E-state index contributed by atoms with van der Waals surface area (Å²) in [6, 6.07) is 0. The van der Waals surface area contributed by atoms with Gasteiger partial charge < -0.3 is 14.9 Å². The number of carbonyl (C=O) groups is 1. The van der Waals surface area contributed by atoms with E-state index in [1.165, 1.54) is 0 Å². The van der Waals surface area contributed by atoms with Gasteiger partial charge in [0.05, 0.1) is 18.1 Å². The van der Waals surface area contributed by atoms with E-state index < -0.39 is 29.5 Å². The second kappa shape index (κ2) is 3.93. The molecular weight excluding hydrogens is 244 g/mol. The van der Waals surface area contributed by atoms with Crippen molar-refractivity contribution in [2.45, 2.75) is 51.4 Å². The molecule has 1 saturated carbocycles. The van der Waals surface area contributed by atoms with Crippen molar-refractivity contribution in [1.82, 2.24) is 0 Å². The molecule has 1 heterocycles. The molecule has 4 nitrogen and oxygen atoms in total. The van der Waals surface area contributed by atoms with E-state index in [1.54, 1.807) is 0 Å². The van der Waals surface area contributed by atoms with Gasteiger partial charge in [-0.3, -0.25) is 0 Å². The number of aliphatic hydroxyl groups is 2. The Balaban J connectivity index is 2.11. The lowest BCUT2D eigenvalue weighted by Crippen LogP contribution is -2.45. The number of esters is 1. The number of ether oxygens (including phenoxy) is 1. The van der Waals surface area contributed by atoms with Crippen molar-refractivity contribution in [2.24, 2.45) is 11.3 Å². The van der Waals surface area contributed by atoms with Gasteiger partial charge in [-0.1, -0.05) is 24.6 Å². The first-order chi connectivity index (χ1) is 8.87. The van der Waals surface area contributed by atoms with Crippen LogP contribution in [0.3, 0.4) is 0 Å². The van der Waals surface area contributed by atoms with E-state index >= 15 is 0 Å². The van der Waals surface area contributed by atoms with Gasteiger partial charge in [0.25, 0.3) is 0 Å². The van der Waals surface area contributed by atoms with Gasteiger partial charge in [-0.2, -0.15) is 0 Å². The van der Waals surface area contributed by atoms with E-state index in [1.807, 2.05) is 13.8 Å². The average Bonchev–Trinajstić information content (AvgIpc) is 2.77. The summed E-state index contributed by atoms with van der Waals surface area (Å²) in [5.74, 6) is -0.820. The summed E-state index contributed by atoms with van der Waals surface area (Å²) in [6.45, 7) is 7.68. The minimum atomic E-state index is -0.818. The summed E-state index contributed by atoms with van der Waals surface area (Å²) in [5.41, 5.74) is 1.92. The maximum absolute atomic E-state index is 11.7. The Morgan fingerprint density at radius 1 is 1.42 bits per heavy atom. The topological polar surface area (TPSA) is 66.8 Å². The van der Waals surface area contributed by atoms with Crippen LogP contribution in [0.15, 0.2) is 23.3 Å².